The summed E-state index contributed by atoms with van der Waals surface area (Å²) in [6.45, 7) is 9.84. The second kappa shape index (κ2) is 53.9. The highest BCUT2D eigenvalue weighted by Crippen LogP contribution is 2.25. The number of hydrogen-bond donors (Lipinski definition) is 12. The first kappa shape index (κ1) is 90.1. The van der Waals surface area contributed by atoms with Gasteiger partial charge in [0, 0.05) is 79.9 Å². The molecule has 0 bridgehead atoms. The number of aromatic hydroxyl groups is 1. The van der Waals surface area contributed by atoms with Crippen molar-refractivity contribution < 1.29 is 78.0 Å². The molecule has 1 aromatic rings. The number of carbonyl (C=O) groups is 12. The van der Waals surface area contributed by atoms with Crippen molar-refractivity contribution in [2.24, 2.45) is 40.9 Å². The number of aliphatic carboxylic acids is 3. The molecule has 558 valence electrons. The molecule has 2 rings (SSSR count). The molecule has 0 aromatic heterocycles. The number of unbranched alkanes of at least 4 members (excludes halogenated alkanes) is 16. The molecule has 0 saturated carbocycles. The molecular formula is C72H122N8O16S2. The summed E-state index contributed by atoms with van der Waals surface area (Å²) in [5.74, 6) is -6.83. The van der Waals surface area contributed by atoms with Crippen LogP contribution in [0, 0.1) is 23.7 Å². The third kappa shape index (κ3) is 42.9. The fourth-order valence-corrected chi connectivity index (χ4v) is 14.0. The first-order chi connectivity index (χ1) is 46.7. The number of carboxylic acid groups (broad SMARTS) is 3. The molecule has 1 aliphatic heterocycles. The molecule has 0 spiro atoms. The van der Waals surface area contributed by atoms with Crippen LogP contribution in [0.2, 0.25) is 0 Å². The van der Waals surface area contributed by atoms with E-state index < -0.39 is 77.2 Å². The summed E-state index contributed by atoms with van der Waals surface area (Å²) in [6, 6.07) is 2.96. The molecule has 8 atom stereocenters. The van der Waals surface area contributed by atoms with Gasteiger partial charge in [-0.2, -0.15) is 0 Å². The van der Waals surface area contributed by atoms with Crippen LogP contribution in [0.4, 0.5) is 0 Å². The van der Waals surface area contributed by atoms with Crippen molar-refractivity contribution in [3.8, 4) is 5.75 Å². The number of carbonyl (C=O) groups excluding carboxylic acids is 9. The average molecular weight is 1420 g/mol. The van der Waals surface area contributed by atoms with Gasteiger partial charge in [0.25, 0.3) is 0 Å². The SMILES string of the molecule is CCC(=O)[C@](C)(CC(C)C)NC(=O)[C@H](CCCN)CCC(=O)[C@@H]1CSCSC[C@H](NC(=O)[C@@H](N)CCCCNC(=O)CC[C@H](NC(=O)CC[C@H](CC(=O)CCCCCCCCCCCCCCCCCCC(=O)O)C(=O)O)C(=O)O)C(=O)CN1.CC[C@@H](Cc1ccc(O)cc1)C(N)=O. The van der Waals surface area contributed by atoms with Crippen LogP contribution in [0.25, 0.3) is 0 Å². The minimum atomic E-state index is -1.40. The van der Waals surface area contributed by atoms with Gasteiger partial charge < -0.3 is 58.9 Å². The summed E-state index contributed by atoms with van der Waals surface area (Å²) in [4.78, 5) is 150. The van der Waals surface area contributed by atoms with E-state index in [1.807, 2.05) is 20.8 Å². The molecule has 0 aliphatic carbocycles. The van der Waals surface area contributed by atoms with Crippen LogP contribution < -0.4 is 43.8 Å². The lowest BCUT2D eigenvalue weighted by Crippen LogP contribution is -2.54. The van der Waals surface area contributed by atoms with E-state index in [0.29, 0.717) is 68.1 Å². The topological polar surface area (TPSA) is 424 Å². The second-order valence-corrected chi connectivity index (χ2v) is 29.3. The Bertz CT molecular complexity index is 2560. The Labute approximate surface area is 591 Å². The minimum absolute atomic E-state index is 0.0591. The Morgan fingerprint density at radius 3 is 1.73 bits per heavy atom. The van der Waals surface area contributed by atoms with Crippen LogP contribution in [-0.2, 0) is 64.0 Å². The number of phenols is 1. The predicted molar refractivity (Wildman–Crippen MR) is 385 cm³/mol. The van der Waals surface area contributed by atoms with E-state index >= 15 is 0 Å². The zero-order chi connectivity index (χ0) is 73.3. The minimum Gasteiger partial charge on any atom is -0.508 e. The normalized spacial score (nSPS) is 16.3. The third-order valence-corrected chi connectivity index (χ3v) is 20.2. The van der Waals surface area contributed by atoms with Crippen molar-refractivity contribution in [2.45, 2.75) is 283 Å². The molecule has 1 saturated heterocycles. The van der Waals surface area contributed by atoms with Crippen LogP contribution in [-0.4, -0.2) is 157 Å². The summed E-state index contributed by atoms with van der Waals surface area (Å²) in [5.41, 5.74) is 17.2. The van der Waals surface area contributed by atoms with E-state index in [1.165, 1.54) is 74.9 Å². The Balaban J connectivity index is 0.00000302. The Morgan fingerprint density at radius 1 is 0.643 bits per heavy atom. The van der Waals surface area contributed by atoms with Gasteiger partial charge in [0.2, 0.25) is 29.5 Å². The van der Waals surface area contributed by atoms with Gasteiger partial charge in [-0.05, 0) is 121 Å². The van der Waals surface area contributed by atoms with Crippen LogP contribution in [0.5, 0.6) is 5.75 Å². The van der Waals surface area contributed by atoms with Gasteiger partial charge >= 0.3 is 17.9 Å². The molecular weight excluding hydrogens is 1300 g/mol. The fraction of sp³-hybridized carbons (Fsp3) is 0.750. The zero-order valence-corrected chi connectivity index (χ0v) is 61.1. The quantitative estimate of drug-likeness (QED) is 0.0271. The highest BCUT2D eigenvalue weighted by molar-refractivity contribution is 8.16. The molecule has 1 heterocycles. The molecule has 1 fully saturated rings. The summed E-state index contributed by atoms with van der Waals surface area (Å²) >= 11 is 2.97. The smallest absolute Gasteiger partial charge is 0.326 e. The number of primary amides is 1. The zero-order valence-electron chi connectivity index (χ0n) is 59.4. The van der Waals surface area contributed by atoms with Crippen molar-refractivity contribution in [2.75, 3.05) is 36.2 Å². The highest BCUT2D eigenvalue weighted by atomic mass is 32.2. The number of phenolic OH excluding ortho intramolecular Hbond substituents is 1. The van der Waals surface area contributed by atoms with Gasteiger partial charge in [-0.3, -0.25) is 58.1 Å². The summed E-state index contributed by atoms with van der Waals surface area (Å²) in [5, 5.41) is 51.7. The molecule has 5 amide bonds. The van der Waals surface area contributed by atoms with Gasteiger partial charge in [-0.15, -0.1) is 23.5 Å². The first-order valence-electron chi connectivity index (χ1n) is 36.0. The average Bonchev–Trinajstić information content (AvgIpc) is 0.842. The van der Waals surface area contributed by atoms with Gasteiger partial charge in [0.1, 0.15) is 17.6 Å². The maximum absolute atomic E-state index is 13.6. The van der Waals surface area contributed by atoms with Crippen LogP contribution in [0.1, 0.15) is 252 Å². The van der Waals surface area contributed by atoms with Crippen LogP contribution in [0.3, 0.4) is 0 Å². The summed E-state index contributed by atoms with van der Waals surface area (Å²) in [6.07, 6.45) is 21.4. The standard InChI is InChI=1S/C61H107N7O14S2.C11H15NO2/c1-5-53(72)61(4,38-43(2)3)68-57(77)44(25-24-35-62)29-32-51(70)49-40-83-42-84-41-50(52(71)39-65-49)67-58(78)47(63)27-22-23-36-64-54(73)34-31-48(60(81)82)66-55(74)33-30-45(59(79)80)37-46(69)26-20-18-16-14-12-10-8-6-7-9-11-13-15-17-19-21-28-56(75)76;1-2-9(11(12)14)7-8-3-5-10(13)6-4-8/h43-45,47-50,65H,5-42,62-63H2,1-4H3,(H,64,73)(H,66,74)(H,67,78)(H,68,77)(H,75,76)(H,79,80)(H,81,82);3-6,9,13H,2,7H2,1H3,(H2,12,14)/t44-,45-,47+,48+,49+,50+,61+;9-/m10/s1. The number of thioether (sulfide) groups is 2. The lowest BCUT2D eigenvalue weighted by molar-refractivity contribution is -0.145. The summed E-state index contributed by atoms with van der Waals surface area (Å²) in [7, 11) is 0. The van der Waals surface area contributed by atoms with E-state index in [0.717, 1.165) is 56.9 Å². The fourth-order valence-electron chi connectivity index (χ4n) is 11.7. The maximum Gasteiger partial charge on any atom is 0.326 e. The molecule has 26 heteroatoms. The van der Waals surface area contributed by atoms with Gasteiger partial charge in [0.05, 0.1) is 36.1 Å². The number of amides is 5. The number of ketones is 4. The van der Waals surface area contributed by atoms with E-state index in [1.54, 1.807) is 38.1 Å². The van der Waals surface area contributed by atoms with Crippen molar-refractivity contribution >= 4 is 94.1 Å². The van der Waals surface area contributed by atoms with E-state index in [-0.39, 0.29) is 136 Å². The third-order valence-electron chi connectivity index (χ3n) is 17.7. The number of Topliss-reactive ketones (excluding diaryl/α,β-unsaturated/α-hetero) is 4. The van der Waals surface area contributed by atoms with Crippen LogP contribution in [0.15, 0.2) is 24.3 Å². The van der Waals surface area contributed by atoms with Crippen molar-refractivity contribution in [1.29, 1.82) is 0 Å². The van der Waals surface area contributed by atoms with E-state index in [2.05, 4.69) is 26.6 Å². The van der Waals surface area contributed by atoms with Crippen molar-refractivity contribution in [3.05, 3.63) is 29.8 Å². The van der Waals surface area contributed by atoms with Gasteiger partial charge in [-0.1, -0.05) is 130 Å². The molecule has 1 aliphatic rings. The molecule has 0 radical (unpaired) electrons. The lowest BCUT2D eigenvalue weighted by Gasteiger charge is -2.32. The largest absolute Gasteiger partial charge is 0.508 e. The van der Waals surface area contributed by atoms with Gasteiger partial charge in [-0.25, -0.2) is 4.79 Å². The Hall–Kier alpha value is -5.96. The number of rotatable bonds is 54. The van der Waals surface area contributed by atoms with E-state index in [9.17, 15) is 67.7 Å². The van der Waals surface area contributed by atoms with Crippen molar-refractivity contribution in [1.82, 2.24) is 26.6 Å². The molecule has 98 heavy (non-hydrogen) atoms. The Morgan fingerprint density at radius 2 is 1.20 bits per heavy atom. The number of benzene rings is 1. The molecule has 15 N–H and O–H groups in total. The number of nitrogens with one attached hydrogen (secondary N) is 5. The highest BCUT2D eigenvalue weighted by Gasteiger charge is 2.37. The maximum atomic E-state index is 13.6. The van der Waals surface area contributed by atoms with Gasteiger partial charge in [0.15, 0.2) is 17.3 Å². The number of hydrogen-bond acceptors (Lipinski definition) is 18. The lowest BCUT2D eigenvalue weighted by atomic mass is 9.84. The molecule has 0 unspecified atom stereocenters. The second-order valence-electron chi connectivity index (χ2n) is 26.8. The van der Waals surface area contributed by atoms with Crippen LogP contribution >= 0.6 is 23.5 Å². The van der Waals surface area contributed by atoms with E-state index in [4.69, 9.17) is 27.4 Å². The van der Waals surface area contributed by atoms with Crippen molar-refractivity contribution in [3.63, 3.8) is 0 Å². The molecule has 24 nitrogen and oxygen atoms in total. The summed E-state index contributed by atoms with van der Waals surface area (Å²) < 4.78 is 0. The number of carboxylic acids is 3. The predicted octanol–water partition coefficient (Wildman–Crippen LogP) is 9.00. The monoisotopic (exact) mass is 1420 g/mol. The number of nitrogens with two attached hydrogens (primary N) is 3. The Kier molecular flexibility index (Phi) is 49.5. The first-order valence-corrected chi connectivity index (χ1v) is 38.3. The molecule has 1 aromatic carbocycles.